The molecule has 0 aromatic heterocycles. The van der Waals surface area contributed by atoms with Crippen LogP contribution < -0.4 is 0 Å². The van der Waals surface area contributed by atoms with Crippen molar-refractivity contribution in [3.63, 3.8) is 0 Å². The van der Waals surface area contributed by atoms with E-state index in [2.05, 4.69) is 20.8 Å². The highest BCUT2D eigenvalue weighted by molar-refractivity contribution is 4.97. The molecule has 2 saturated carbocycles. The predicted octanol–water partition coefficient (Wildman–Crippen LogP) is 3.87. The number of hydrogen-bond donors (Lipinski definition) is 0. The molecule has 7 atom stereocenters. The van der Waals surface area contributed by atoms with Gasteiger partial charge in [0.1, 0.15) is 0 Å². The maximum Gasteiger partial charge on any atom is 0.0613 e. The Morgan fingerprint density at radius 2 is 1.44 bits per heavy atom. The molecular weight excluding hydrogens is 196 g/mol. The summed E-state index contributed by atoms with van der Waals surface area (Å²) in [5.41, 5.74) is 0. The fourth-order valence-corrected chi connectivity index (χ4v) is 4.42. The molecule has 92 valence electrons. The molecule has 0 spiro atoms. The van der Waals surface area contributed by atoms with Crippen LogP contribution in [-0.2, 0) is 4.74 Å². The van der Waals surface area contributed by atoms with Crippen molar-refractivity contribution in [1.82, 2.24) is 0 Å². The SMILES string of the molecule is CC1CCC2C(C1)OC1CC(C)C(C)CC12. The molecule has 1 heterocycles. The van der Waals surface area contributed by atoms with E-state index in [1.54, 1.807) is 0 Å². The van der Waals surface area contributed by atoms with Crippen molar-refractivity contribution in [3.05, 3.63) is 0 Å². The van der Waals surface area contributed by atoms with Gasteiger partial charge in [-0.05, 0) is 55.3 Å². The van der Waals surface area contributed by atoms with Crippen LogP contribution >= 0.6 is 0 Å². The van der Waals surface area contributed by atoms with Crippen molar-refractivity contribution in [2.24, 2.45) is 29.6 Å². The standard InChI is InChI=1S/C15H26O/c1-9-4-5-12-13-7-10(2)11(3)8-15(13)16-14(12)6-9/h9-15H,4-8H2,1-3H3. The number of ether oxygens (including phenoxy) is 1. The van der Waals surface area contributed by atoms with Gasteiger partial charge in [-0.1, -0.05) is 27.2 Å². The average Bonchev–Trinajstić information content (AvgIpc) is 2.55. The predicted molar refractivity (Wildman–Crippen MR) is 66.2 cm³/mol. The Morgan fingerprint density at radius 3 is 2.25 bits per heavy atom. The summed E-state index contributed by atoms with van der Waals surface area (Å²) in [6.45, 7) is 7.25. The monoisotopic (exact) mass is 222 g/mol. The second kappa shape index (κ2) is 4.01. The van der Waals surface area contributed by atoms with Crippen LogP contribution in [0.4, 0.5) is 0 Å². The first-order valence-electron chi connectivity index (χ1n) is 7.30. The molecule has 3 fully saturated rings. The summed E-state index contributed by atoms with van der Waals surface area (Å²) in [7, 11) is 0. The van der Waals surface area contributed by atoms with Crippen molar-refractivity contribution >= 4 is 0 Å². The van der Waals surface area contributed by atoms with Gasteiger partial charge in [0.2, 0.25) is 0 Å². The molecule has 0 amide bonds. The summed E-state index contributed by atoms with van der Waals surface area (Å²) in [5.74, 6) is 4.51. The first-order chi connectivity index (χ1) is 7.65. The zero-order chi connectivity index (χ0) is 11.3. The quantitative estimate of drug-likeness (QED) is 0.604. The van der Waals surface area contributed by atoms with E-state index in [0.29, 0.717) is 12.2 Å². The molecule has 1 aliphatic heterocycles. The van der Waals surface area contributed by atoms with Gasteiger partial charge in [0.05, 0.1) is 12.2 Å². The van der Waals surface area contributed by atoms with Crippen molar-refractivity contribution in [3.8, 4) is 0 Å². The summed E-state index contributed by atoms with van der Waals surface area (Å²) >= 11 is 0. The van der Waals surface area contributed by atoms with Crippen LogP contribution in [0.1, 0.15) is 52.9 Å². The maximum absolute atomic E-state index is 6.36. The Hall–Kier alpha value is -0.0400. The molecule has 0 aromatic rings. The molecule has 1 saturated heterocycles. The maximum atomic E-state index is 6.36. The number of fused-ring (bicyclic) bond motifs is 3. The smallest absolute Gasteiger partial charge is 0.0613 e. The fraction of sp³-hybridized carbons (Fsp3) is 1.00. The second-order valence-corrected chi connectivity index (χ2v) is 6.88. The van der Waals surface area contributed by atoms with Gasteiger partial charge >= 0.3 is 0 Å². The van der Waals surface area contributed by atoms with Crippen LogP contribution in [0.5, 0.6) is 0 Å². The second-order valence-electron chi connectivity index (χ2n) is 6.88. The van der Waals surface area contributed by atoms with Crippen LogP contribution in [0, 0.1) is 29.6 Å². The third-order valence-corrected chi connectivity index (χ3v) is 5.70. The van der Waals surface area contributed by atoms with Crippen LogP contribution in [0.3, 0.4) is 0 Å². The molecule has 0 radical (unpaired) electrons. The molecule has 16 heavy (non-hydrogen) atoms. The molecule has 2 aliphatic carbocycles. The number of hydrogen-bond acceptors (Lipinski definition) is 1. The van der Waals surface area contributed by atoms with Gasteiger partial charge in [0.15, 0.2) is 0 Å². The molecule has 3 aliphatic rings. The largest absolute Gasteiger partial charge is 0.374 e. The Bertz CT molecular complexity index is 262. The van der Waals surface area contributed by atoms with Gasteiger partial charge in [-0.15, -0.1) is 0 Å². The van der Waals surface area contributed by atoms with Gasteiger partial charge < -0.3 is 4.74 Å². The molecule has 7 unspecified atom stereocenters. The highest BCUT2D eigenvalue weighted by Crippen LogP contribution is 2.50. The molecule has 1 nitrogen and oxygen atoms in total. The molecular formula is C15H26O. The van der Waals surface area contributed by atoms with Crippen molar-refractivity contribution < 1.29 is 4.74 Å². The Kier molecular flexibility index (Phi) is 2.78. The van der Waals surface area contributed by atoms with Gasteiger partial charge in [-0.2, -0.15) is 0 Å². The lowest BCUT2D eigenvalue weighted by Gasteiger charge is -2.37. The molecule has 0 aromatic carbocycles. The van der Waals surface area contributed by atoms with Crippen molar-refractivity contribution in [2.45, 2.75) is 65.1 Å². The Morgan fingerprint density at radius 1 is 0.750 bits per heavy atom. The van der Waals surface area contributed by atoms with Gasteiger partial charge in [-0.25, -0.2) is 0 Å². The van der Waals surface area contributed by atoms with E-state index in [-0.39, 0.29) is 0 Å². The highest BCUT2D eigenvalue weighted by Gasteiger charge is 2.49. The number of rotatable bonds is 0. The van der Waals surface area contributed by atoms with Crippen molar-refractivity contribution in [1.29, 1.82) is 0 Å². The minimum atomic E-state index is 0.617. The fourth-order valence-electron chi connectivity index (χ4n) is 4.42. The summed E-state index contributed by atoms with van der Waals surface area (Å²) in [5, 5.41) is 0. The van der Waals surface area contributed by atoms with E-state index in [0.717, 1.165) is 29.6 Å². The summed E-state index contributed by atoms with van der Waals surface area (Å²) in [6, 6.07) is 0. The zero-order valence-corrected chi connectivity index (χ0v) is 11.0. The van der Waals surface area contributed by atoms with Gasteiger partial charge in [-0.3, -0.25) is 0 Å². The summed E-state index contributed by atoms with van der Waals surface area (Å²) in [6.07, 6.45) is 8.21. The normalized spacial score (nSPS) is 56.8. The van der Waals surface area contributed by atoms with E-state index in [9.17, 15) is 0 Å². The van der Waals surface area contributed by atoms with Gasteiger partial charge in [0, 0.05) is 0 Å². The highest BCUT2D eigenvalue weighted by atomic mass is 16.5. The summed E-state index contributed by atoms with van der Waals surface area (Å²) < 4.78 is 6.36. The third kappa shape index (κ3) is 1.72. The molecule has 3 rings (SSSR count). The lowest BCUT2D eigenvalue weighted by atomic mass is 9.67. The zero-order valence-electron chi connectivity index (χ0n) is 11.0. The topological polar surface area (TPSA) is 9.23 Å². The molecule has 0 bridgehead atoms. The van der Waals surface area contributed by atoms with Crippen molar-refractivity contribution in [2.75, 3.05) is 0 Å². The van der Waals surface area contributed by atoms with Crippen LogP contribution in [-0.4, -0.2) is 12.2 Å². The van der Waals surface area contributed by atoms with E-state index in [1.807, 2.05) is 0 Å². The van der Waals surface area contributed by atoms with Crippen LogP contribution in [0.25, 0.3) is 0 Å². The minimum Gasteiger partial charge on any atom is -0.374 e. The third-order valence-electron chi connectivity index (χ3n) is 5.70. The lowest BCUT2D eigenvalue weighted by Crippen LogP contribution is -2.34. The lowest BCUT2D eigenvalue weighted by molar-refractivity contribution is -0.0168. The van der Waals surface area contributed by atoms with Crippen LogP contribution in [0.15, 0.2) is 0 Å². The van der Waals surface area contributed by atoms with Gasteiger partial charge in [0.25, 0.3) is 0 Å². The van der Waals surface area contributed by atoms with E-state index in [4.69, 9.17) is 4.74 Å². The Balaban J connectivity index is 1.74. The summed E-state index contributed by atoms with van der Waals surface area (Å²) in [4.78, 5) is 0. The van der Waals surface area contributed by atoms with E-state index >= 15 is 0 Å². The Labute approximate surface area is 99.9 Å². The van der Waals surface area contributed by atoms with Crippen LogP contribution in [0.2, 0.25) is 0 Å². The average molecular weight is 222 g/mol. The molecule has 1 heteroatoms. The first-order valence-corrected chi connectivity index (χ1v) is 7.30. The minimum absolute atomic E-state index is 0.617. The van der Waals surface area contributed by atoms with E-state index < -0.39 is 0 Å². The van der Waals surface area contributed by atoms with E-state index in [1.165, 1.54) is 32.1 Å². The first kappa shape index (κ1) is 11.1. The molecule has 0 N–H and O–H groups in total.